The summed E-state index contributed by atoms with van der Waals surface area (Å²) >= 11 is 0. The van der Waals surface area contributed by atoms with Gasteiger partial charge in [-0.1, -0.05) is 5.16 Å². The first-order chi connectivity index (χ1) is 13.2. The zero-order valence-electron chi connectivity index (χ0n) is 16.9. The van der Waals surface area contributed by atoms with E-state index in [2.05, 4.69) is 20.4 Å². The minimum Gasteiger partial charge on any atom is -0.384 e. The molecule has 0 radical (unpaired) electrons. The number of hydrogen-bond acceptors (Lipinski definition) is 8. The van der Waals surface area contributed by atoms with Gasteiger partial charge in [0, 0.05) is 45.5 Å². The van der Waals surface area contributed by atoms with Crippen molar-refractivity contribution >= 4 is 30.7 Å². The van der Waals surface area contributed by atoms with E-state index in [-0.39, 0.29) is 49.2 Å². The van der Waals surface area contributed by atoms with Gasteiger partial charge in [0.25, 0.3) is 0 Å². The third-order valence-corrected chi connectivity index (χ3v) is 5.34. The second-order valence-corrected chi connectivity index (χ2v) is 7.40. The number of nitrogens with zero attached hydrogens (tertiary/aromatic N) is 3. The molecule has 1 aromatic rings. The van der Waals surface area contributed by atoms with Crippen molar-refractivity contribution in [1.29, 1.82) is 0 Å². The maximum Gasteiger partial charge on any atom is 0.229 e. The fourth-order valence-corrected chi connectivity index (χ4v) is 3.78. The normalized spacial score (nSPS) is 23.5. The van der Waals surface area contributed by atoms with Gasteiger partial charge in [-0.2, -0.15) is 4.98 Å². The van der Waals surface area contributed by atoms with Crippen LogP contribution in [0.2, 0.25) is 0 Å². The van der Waals surface area contributed by atoms with E-state index in [9.17, 15) is 4.79 Å². The average molecular weight is 454 g/mol. The van der Waals surface area contributed by atoms with Crippen LogP contribution < -0.4 is 11.1 Å². The van der Waals surface area contributed by atoms with Crippen molar-refractivity contribution in [2.24, 2.45) is 11.7 Å². The molecule has 3 rings (SSSR count). The van der Waals surface area contributed by atoms with Crippen molar-refractivity contribution < 1.29 is 18.8 Å². The van der Waals surface area contributed by atoms with Crippen molar-refractivity contribution in [2.75, 3.05) is 40.0 Å². The van der Waals surface area contributed by atoms with Crippen LogP contribution in [0.25, 0.3) is 0 Å². The van der Waals surface area contributed by atoms with Crippen molar-refractivity contribution in [1.82, 2.24) is 20.4 Å². The van der Waals surface area contributed by atoms with Crippen LogP contribution >= 0.6 is 24.8 Å². The molecule has 0 aromatic carbocycles. The Morgan fingerprint density at radius 3 is 2.72 bits per heavy atom. The van der Waals surface area contributed by atoms with Crippen LogP contribution in [0.15, 0.2) is 4.52 Å². The van der Waals surface area contributed by atoms with E-state index < -0.39 is 0 Å². The highest BCUT2D eigenvalue weighted by atomic mass is 35.5. The van der Waals surface area contributed by atoms with Crippen molar-refractivity contribution in [2.45, 2.75) is 50.7 Å². The fraction of sp³-hybridized carbons (Fsp3) is 0.833. The largest absolute Gasteiger partial charge is 0.384 e. The second-order valence-electron chi connectivity index (χ2n) is 7.40. The molecule has 2 saturated heterocycles. The Morgan fingerprint density at radius 1 is 1.24 bits per heavy atom. The van der Waals surface area contributed by atoms with Crippen molar-refractivity contribution in [3.63, 3.8) is 0 Å². The molecule has 11 heteroatoms. The molecule has 1 amide bonds. The third-order valence-electron chi connectivity index (χ3n) is 5.34. The number of halogens is 2. The predicted octanol–water partition coefficient (Wildman–Crippen LogP) is 0.937. The van der Waals surface area contributed by atoms with Gasteiger partial charge >= 0.3 is 0 Å². The number of methoxy groups -OCH3 is 1. The Morgan fingerprint density at radius 2 is 2.00 bits per heavy atom. The number of likely N-dealkylation sites (tertiary alicyclic amines) is 1. The lowest BCUT2D eigenvalue weighted by molar-refractivity contribution is -0.126. The van der Waals surface area contributed by atoms with Crippen LogP contribution in [-0.4, -0.2) is 73.1 Å². The minimum atomic E-state index is -0.0683. The van der Waals surface area contributed by atoms with Gasteiger partial charge in [-0.15, -0.1) is 24.8 Å². The SMILES string of the molecule is COCCc1nc(CNC(=O)[C@@H]2CC[C@H](N)CN(C3CCOCC3)C2)no1.Cl.Cl. The predicted molar refractivity (Wildman–Crippen MR) is 112 cm³/mol. The van der Waals surface area contributed by atoms with Gasteiger partial charge in [-0.25, -0.2) is 0 Å². The molecule has 3 N–H and O–H groups in total. The Hall–Kier alpha value is -0.970. The van der Waals surface area contributed by atoms with Crippen LogP contribution in [0.4, 0.5) is 0 Å². The highest BCUT2D eigenvalue weighted by Crippen LogP contribution is 2.22. The maximum absolute atomic E-state index is 12.7. The van der Waals surface area contributed by atoms with Gasteiger partial charge in [0.05, 0.1) is 25.5 Å². The molecular formula is C18H33Cl2N5O4. The first-order valence-electron chi connectivity index (χ1n) is 9.81. The summed E-state index contributed by atoms with van der Waals surface area (Å²) in [5.74, 6) is 0.971. The molecule has 0 aliphatic carbocycles. The molecule has 9 nitrogen and oxygen atoms in total. The van der Waals surface area contributed by atoms with Gasteiger partial charge in [-0.05, 0) is 25.7 Å². The van der Waals surface area contributed by atoms with E-state index in [1.807, 2.05) is 0 Å². The summed E-state index contributed by atoms with van der Waals surface area (Å²) in [5.41, 5.74) is 6.25. The van der Waals surface area contributed by atoms with E-state index in [0.717, 1.165) is 52.0 Å². The number of nitrogens with one attached hydrogen (secondary N) is 1. The third kappa shape index (κ3) is 7.99. The number of carbonyl (C=O) groups excluding carboxylic acids is 1. The van der Waals surface area contributed by atoms with E-state index in [4.69, 9.17) is 19.7 Å². The standard InChI is InChI=1S/C18H31N5O4.2ClH/c1-25-7-6-17-21-16(22-27-17)10-20-18(24)13-2-3-14(19)12-23(11-13)15-4-8-26-9-5-15;;/h13-15H,2-12,19H2,1H3,(H,20,24);2*1H/t13-,14+;;/m1../s1. The van der Waals surface area contributed by atoms with Crippen LogP contribution in [0.5, 0.6) is 0 Å². The summed E-state index contributed by atoms with van der Waals surface area (Å²) < 4.78 is 15.6. The average Bonchev–Trinajstić information content (AvgIpc) is 3.05. The number of ether oxygens (including phenoxy) is 2. The Bertz CT molecular complexity index is 601. The van der Waals surface area contributed by atoms with Gasteiger partial charge in [0.1, 0.15) is 0 Å². The molecule has 2 aliphatic heterocycles. The zero-order valence-corrected chi connectivity index (χ0v) is 18.5. The number of nitrogens with two attached hydrogens (primary N) is 1. The number of rotatable bonds is 7. The number of carbonyl (C=O) groups is 1. The lowest BCUT2D eigenvalue weighted by Crippen LogP contribution is -2.47. The van der Waals surface area contributed by atoms with Gasteiger partial charge in [0.15, 0.2) is 5.82 Å². The van der Waals surface area contributed by atoms with Crippen LogP contribution in [-0.2, 0) is 27.2 Å². The molecule has 1 aromatic heterocycles. The summed E-state index contributed by atoms with van der Waals surface area (Å²) in [7, 11) is 1.62. The molecule has 2 fully saturated rings. The van der Waals surface area contributed by atoms with Crippen molar-refractivity contribution in [3.05, 3.63) is 11.7 Å². The van der Waals surface area contributed by atoms with Gasteiger partial charge < -0.3 is 25.0 Å². The van der Waals surface area contributed by atoms with Gasteiger partial charge in [-0.3, -0.25) is 9.69 Å². The summed E-state index contributed by atoms with van der Waals surface area (Å²) in [5, 5.41) is 6.86. The Kier molecular flexibility index (Phi) is 12.0. The summed E-state index contributed by atoms with van der Waals surface area (Å²) in [4.78, 5) is 19.4. The monoisotopic (exact) mass is 453 g/mol. The summed E-state index contributed by atoms with van der Waals surface area (Å²) in [6.07, 6.45) is 4.25. The number of hydrogen-bond donors (Lipinski definition) is 2. The van der Waals surface area contributed by atoms with Crippen LogP contribution in [0.1, 0.15) is 37.4 Å². The fourth-order valence-electron chi connectivity index (χ4n) is 3.78. The molecule has 0 bridgehead atoms. The highest BCUT2D eigenvalue weighted by molar-refractivity contribution is 5.85. The molecule has 3 heterocycles. The first-order valence-corrected chi connectivity index (χ1v) is 9.81. The maximum atomic E-state index is 12.7. The van der Waals surface area contributed by atoms with E-state index in [1.54, 1.807) is 7.11 Å². The Balaban J connectivity index is 0.00000210. The highest BCUT2D eigenvalue weighted by Gasteiger charge is 2.31. The first kappa shape index (κ1) is 26.1. The van der Waals surface area contributed by atoms with Crippen molar-refractivity contribution in [3.8, 4) is 0 Å². The quantitative estimate of drug-likeness (QED) is 0.626. The number of aromatic nitrogens is 2. The molecule has 29 heavy (non-hydrogen) atoms. The van der Waals surface area contributed by atoms with E-state index >= 15 is 0 Å². The second kappa shape index (κ2) is 13.4. The molecule has 0 spiro atoms. The smallest absolute Gasteiger partial charge is 0.229 e. The van der Waals surface area contributed by atoms with E-state index in [0.29, 0.717) is 30.8 Å². The molecular weight excluding hydrogens is 421 g/mol. The summed E-state index contributed by atoms with van der Waals surface area (Å²) in [6.45, 7) is 3.97. The molecule has 0 unspecified atom stereocenters. The molecule has 2 aliphatic rings. The van der Waals surface area contributed by atoms with Crippen LogP contribution in [0, 0.1) is 5.92 Å². The molecule has 2 atom stereocenters. The van der Waals surface area contributed by atoms with E-state index in [1.165, 1.54) is 0 Å². The lowest BCUT2D eigenvalue weighted by Gasteiger charge is -2.35. The Labute approximate surface area is 184 Å². The number of amides is 1. The van der Waals surface area contributed by atoms with Crippen LogP contribution in [0.3, 0.4) is 0 Å². The lowest BCUT2D eigenvalue weighted by atomic mass is 10.0. The minimum absolute atomic E-state index is 0. The molecule has 0 saturated carbocycles. The molecule has 168 valence electrons. The topological polar surface area (TPSA) is 116 Å². The zero-order chi connectivity index (χ0) is 19.1. The van der Waals surface area contributed by atoms with Gasteiger partial charge in [0.2, 0.25) is 11.8 Å². The summed E-state index contributed by atoms with van der Waals surface area (Å²) in [6, 6.07) is 0.574.